The Morgan fingerprint density at radius 3 is 2.91 bits per heavy atom. The van der Waals surface area contributed by atoms with Crippen LogP contribution in [0.25, 0.3) is 10.2 Å². The number of benzene rings is 1. The number of aliphatic hydroxyl groups excluding tert-OH is 2. The third-order valence-corrected chi connectivity index (χ3v) is 5.84. The Bertz CT molecular complexity index is 597. The lowest BCUT2D eigenvalue weighted by molar-refractivity contribution is -0.0802. The minimum absolute atomic E-state index is 0.0803. The quantitative estimate of drug-likeness (QED) is 0.889. The number of hydrogen-bond acceptors (Lipinski definition) is 5. The molecule has 2 aromatic rings. The molecule has 1 fully saturated rings. The molecule has 4 nitrogen and oxygen atoms in total. The molecule has 0 amide bonds. The van der Waals surface area contributed by atoms with E-state index in [2.05, 4.69) is 22.9 Å². The lowest BCUT2D eigenvalue weighted by Crippen LogP contribution is -2.52. The molecule has 0 spiro atoms. The Labute approximate surface area is 135 Å². The SMILES string of the molecule is CCC[C@]1(CO)CCN(Cc2nc3ccccc3s2)C[C@H]1O. The molecular formula is C17H24N2O2S. The van der Waals surface area contributed by atoms with Crippen molar-refractivity contribution in [3.8, 4) is 0 Å². The number of aromatic nitrogens is 1. The second-order valence-corrected chi connectivity index (χ2v) is 7.46. The van der Waals surface area contributed by atoms with E-state index in [0.717, 1.165) is 42.9 Å². The number of β-amino-alcohol motifs (C(OH)–C–C–N with tert-alkyl or cyclic N) is 1. The number of likely N-dealkylation sites (tertiary alicyclic amines) is 1. The highest BCUT2D eigenvalue weighted by atomic mass is 32.1. The molecule has 0 radical (unpaired) electrons. The van der Waals surface area contributed by atoms with E-state index in [1.807, 2.05) is 18.2 Å². The summed E-state index contributed by atoms with van der Waals surface area (Å²) >= 11 is 1.72. The van der Waals surface area contributed by atoms with E-state index in [0.29, 0.717) is 6.54 Å². The first kappa shape index (κ1) is 15.9. The van der Waals surface area contributed by atoms with Crippen molar-refractivity contribution in [1.29, 1.82) is 0 Å². The third kappa shape index (κ3) is 3.04. The largest absolute Gasteiger partial charge is 0.396 e. The van der Waals surface area contributed by atoms with Crippen LogP contribution in [0.15, 0.2) is 24.3 Å². The van der Waals surface area contributed by atoms with Crippen LogP contribution in [0.4, 0.5) is 0 Å². The van der Waals surface area contributed by atoms with Gasteiger partial charge in [0.15, 0.2) is 0 Å². The predicted octanol–water partition coefficient (Wildman–Crippen LogP) is 2.64. The maximum absolute atomic E-state index is 10.5. The lowest BCUT2D eigenvalue weighted by Gasteiger charge is -2.44. The summed E-state index contributed by atoms with van der Waals surface area (Å²) in [4.78, 5) is 6.93. The molecule has 2 heterocycles. The molecule has 0 bridgehead atoms. The van der Waals surface area contributed by atoms with Crippen LogP contribution in [0.5, 0.6) is 0 Å². The molecule has 0 aliphatic carbocycles. The molecule has 2 N–H and O–H groups in total. The summed E-state index contributed by atoms with van der Waals surface area (Å²) in [5.74, 6) is 0. The zero-order valence-electron chi connectivity index (χ0n) is 13.0. The molecule has 22 heavy (non-hydrogen) atoms. The molecule has 1 aromatic heterocycles. The Hall–Kier alpha value is -1.01. The van der Waals surface area contributed by atoms with Crippen molar-refractivity contribution >= 4 is 21.6 Å². The maximum Gasteiger partial charge on any atom is 0.108 e. The predicted molar refractivity (Wildman–Crippen MR) is 89.9 cm³/mol. The van der Waals surface area contributed by atoms with Gasteiger partial charge in [0.25, 0.3) is 0 Å². The van der Waals surface area contributed by atoms with Crippen LogP contribution in [0.1, 0.15) is 31.2 Å². The Morgan fingerprint density at radius 2 is 2.23 bits per heavy atom. The van der Waals surface area contributed by atoms with Crippen LogP contribution < -0.4 is 0 Å². The van der Waals surface area contributed by atoms with Crippen molar-refractivity contribution in [2.45, 2.75) is 38.8 Å². The Morgan fingerprint density at radius 1 is 1.41 bits per heavy atom. The molecule has 0 unspecified atom stereocenters. The molecule has 1 aliphatic heterocycles. The number of rotatable bonds is 5. The number of thiazole rings is 1. The summed E-state index contributed by atoms with van der Waals surface area (Å²) in [6.07, 6.45) is 2.28. The van der Waals surface area contributed by atoms with Crippen LogP contribution in [-0.4, -0.2) is 45.9 Å². The van der Waals surface area contributed by atoms with E-state index in [1.165, 1.54) is 4.70 Å². The lowest BCUT2D eigenvalue weighted by atomic mass is 9.73. The van der Waals surface area contributed by atoms with E-state index in [-0.39, 0.29) is 12.0 Å². The summed E-state index contributed by atoms with van der Waals surface area (Å²) in [5.41, 5.74) is 0.745. The smallest absolute Gasteiger partial charge is 0.108 e. The topological polar surface area (TPSA) is 56.6 Å². The van der Waals surface area contributed by atoms with Gasteiger partial charge in [-0.3, -0.25) is 4.90 Å². The second-order valence-electron chi connectivity index (χ2n) is 6.35. The van der Waals surface area contributed by atoms with Gasteiger partial charge in [0, 0.05) is 12.0 Å². The van der Waals surface area contributed by atoms with Crippen molar-refractivity contribution in [2.75, 3.05) is 19.7 Å². The van der Waals surface area contributed by atoms with Crippen molar-refractivity contribution in [1.82, 2.24) is 9.88 Å². The van der Waals surface area contributed by atoms with Gasteiger partial charge in [0.1, 0.15) is 5.01 Å². The second kappa shape index (κ2) is 6.62. The first-order valence-corrected chi connectivity index (χ1v) is 8.84. The fourth-order valence-corrected chi connectivity index (χ4v) is 4.46. The van der Waals surface area contributed by atoms with E-state index < -0.39 is 6.10 Å². The van der Waals surface area contributed by atoms with E-state index >= 15 is 0 Å². The van der Waals surface area contributed by atoms with E-state index in [9.17, 15) is 10.2 Å². The molecule has 120 valence electrons. The number of nitrogens with zero attached hydrogens (tertiary/aromatic N) is 2. The van der Waals surface area contributed by atoms with Gasteiger partial charge in [-0.2, -0.15) is 0 Å². The van der Waals surface area contributed by atoms with Crippen molar-refractivity contribution in [3.63, 3.8) is 0 Å². The first-order chi connectivity index (χ1) is 10.7. The number of fused-ring (bicyclic) bond motifs is 1. The van der Waals surface area contributed by atoms with Crippen molar-refractivity contribution < 1.29 is 10.2 Å². The summed E-state index contributed by atoms with van der Waals surface area (Å²) in [5, 5.41) is 21.3. The number of aliphatic hydroxyl groups is 2. The van der Waals surface area contributed by atoms with Crippen LogP contribution in [0.3, 0.4) is 0 Å². The van der Waals surface area contributed by atoms with Crippen LogP contribution >= 0.6 is 11.3 Å². The van der Waals surface area contributed by atoms with Crippen LogP contribution in [0, 0.1) is 5.41 Å². The molecule has 1 aliphatic rings. The summed E-state index contributed by atoms with van der Waals surface area (Å²) < 4.78 is 1.21. The van der Waals surface area contributed by atoms with Gasteiger partial charge < -0.3 is 10.2 Å². The van der Waals surface area contributed by atoms with Gasteiger partial charge >= 0.3 is 0 Å². The maximum atomic E-state index is 10.5. The summed E-state index contributed by atoms with van der Waals surface area (Å²) in [7, 11) is 0. The zero-order valence-corrected chi connectivity index (χ0v) is 13.9. The van der Waals surface area contributed by atoms with Gasteiger partial charge in [-0.05, 0) is 31.5 Å². The van der Waals surface area contributed by atoms with Gasteiger partial charge in [0.05, 0.1) is 29.5 Å². The molecule has 5 heteroatoms. The molecule has 2 atom stereocenters. The summed E-state index contributed by atoms with van der Waals surface area (Å²) in [6, 6.07) is 8.18. The molecule has 0 saturated carbocycles. The fourth-order valence-electron chi connectivity index (χ4n) is 3.45. The number of hydrogen-bond donors (Lipinski definition) is 2. The van der Waals surface area contributed by atoms with E-state index in [1.54, 1.807) is 11.3 Å². The third-order valence-electron chi connectivity index (χ3n) is 4.82. The minimum Gasteiger partial charge on any atom is -0.396 e. The van der Waals surface area contributed by atoms with Gasteiger partial charge in [-0.1, -0.05) is 25.5 Å². The van der Waals surface area contributed by atoms with Crippen LogP contribution in [0.2, 0.25) is 0 Å². The van der Waals surface area contributed by atoms with Gasteiger partial charge in [-0.25, -0.2) is 4.98 Å². The number of para-hydroxylation sites is 1. The molecule has 1 saturated heterocycles. The highest BCUT2D eigenvalue weighted by Crippen LogP contribution is 2.36. The normalized spacial score (nSPS) is 26.6. The zero-order chi connectivity index (χ0) is 15.6. The molecule has 3 rings (SSSR count). The van der Waals surface area contributed by atoms with Crippen molar-refractivity contribution in [3.05, 3.63) is 29.3 Å². The van der Waals surface area contributed by atoms with Crippen molar-refractivity contribution in [2.24, 2.45) is 5.41 Å². The first-order valence-electron chi connectivity index (χ1n) is 8.02. The molecule has 1 aromatic carbocycles. The standard InChI is InChI=1S/C17H24N2O2S/c1-2-7-17(12-20)8-9-19(10-15(17)21)11-16-18-13-5-3-4-6-14(13)22-16/h3-6,15,20-21H,2,7-12H2,1H3/t15-,17-/m1/s1. The average Bonchev–Trinajstić information content (AvgIpc) is 2.92. The average molecular weight is 320 g/mol. The monoisotopic (exact) mass is 320 g/mol. The highest BCUT2D eigenvalue weighted by molar-refractivity contribution is 7.18. The van der Waals surface area contributed by atoms with Gasteiger partial charge in [0.2, 0.25) is 0 Å². The molecular weight excluding hydrogens is 296 g/mol. The van der Waals surface area contributed by atoms with Crippen LogP contribution in [-0.2, 0) is 6.54 Å². The number of piperidine rings is 1. The fraction of sp³-hybridized carbons (Fsp3) is 0.588. The Balaban J connectivity index is 1.67. The summed E-state index contributed by atoms with van der Waals surface area (Å²) in [6.45, 7) is 4.50. The highest BCUT2D eigenvalue weighted by Gasteiger charge is 2.41. The Kier molecular flexibility index (Phi) is 4.78. The van der Waals surface area contributed by atoms with Gasteiger partial charge in [-0.15, -0.1) is 11.3 Å². The van der Waals surface area contributed by atoms with E-state index in [4.69, 9.17) is 0 Å². The minimum atomic E-state index is -0.458.